The zero-order valence-electron chi connectivity index (χ0n) is 18.0. The Kier molecular flexibility index (Phi) is 5.42. The van der Waals surface area contributed by atoms with Crippen molar-refractivity contribution < 1.29 is 17.9 Å². The SMILES string of the molecule is CC1CC(C)CN(c2c(S(=O)(=O)c3ccc(Cl)cc3)cnc3cc4c(cc23)OCCO4)C1. The maximum absolute atomic E-state index is 13.7. The van der Waals surface area contributed by atoms with Crippen LogP contribution in [-0.4, -0.2) is 39.7 Å². The van der Waals surface area contributed by atoms with Gasteiger partial charge in [0.2, 0.25) is 9.84 Å². The molecule has 0 amide bonds. The molecule has 2 aliphatic heterocycles. The third-order valence-corrected chi connectivity index (χ3v) is 8.09. The highest BCUT2D eigenvalue weighted by molar-refractivity contribution is 7.91. The van der Waals surface area contributed by atoms with Crippen LogP contribution < -0.4 is 14.4 Å². The summed E-state index contributed by atoms with van der Waals surface area (Å²) in [5, 5.41) is 1.24. The van der Waals surface area contributed by atoms with Crippen molar-refractivity contribution in [2.24, 2.45) is 11.8 Å². The topological polar surface area (TPSA) is 68.7 Å². The molecule has 3 heterocycles. The van der Waals surface area contributed by atoms with Crippen LogP contribution in [0.15, 0.2) is 52.4 Å². The van der Waals surface area contributed by atoms with Crippen LogP contribution in [0.4, 0.5) is 5.69 Å². The fourth-order valence-corrected chi connectivity index (χ4v) is 6.37. The van der Waals surface area contributed by atoms with Crippen molar-refractivity contribution in [3.05, 3.63) is 47.6 Å². The van der Waals surface area contributed by atoms with Crippen molar-refractivity contribution in [1.29, 1.82) is 0 Å². The van der Waals surface area contributed by atoms with Crippen LogP contribution in [0.2, 0.25) is 5.02 Å². The predicted octanol–water partition coefficient (Wildman–Crippen LogP) is 4.97. The van der Waals surface area contributed by atoms with Crippen LogP contribution in [0.1, 0.15) is 20.3 Å². The molecule has 6 nitrogen and oxygen atoms in total. The van der Waals surface area contributed by atoms with Gasteiger partial charge in [0.15, 0.2) is 11.5 Å². The van der Waals surface area contributed by atoms with Gasteiger partial charge < -0.3 is 14.4 Å². The third-order valence-electron chi connectivity index (χ3n) is 6.07. The maximum atomic E-state index is 13.7. The van der Waals surface area contributed by atoms with Gasteiger partial charge in [-0.25, -0.2) is 8.42 Å². The largest absolute Gasteiger partial charge is 0.486 e. The van der Waals surface area contributed by atoms with Gasteiger partial charge >= 0.3 is 0 Å². The van der Waals surface area contributed by atoms with E-state index in [-0.39, 0.29) is 9.79 Å². The normalized spacial score (nSPS) is 21.0. The van der Waals surface area contributed by atoms with Crippen LogP contribution in [-0.2, 0) is 9.84 Å². The van der Waals surface area contributed by atoms with Crippen molar-refractivity contribution in [1.82, 2.24) is 4.98 Å². The number of piperidine rings is 1. The molecule has 1 fully saturated rings. The predicted molar refractivity (Wildman–Crippen MR) is 125 cm³/mol. The van der Waals surface area contributed by atoms with E-state index >= 15 is 0 Å². The molecule has 5 rings (SSSR count). The highest BCUT2D eigenvalue weighted by atomic mass is 35.5. The Balaban J connectivity index is 1.76. The standard InChI is InChI=1S/C24H25ClN2O4S/c1-15-9-16(2)14-27(13-15)24-19-10-21-22(31-8-7-30-21)11-20(19)26-12-23(24)32(28,29)18-5-3-17(25)4-6-18/h3-6,10-12,15-16H,7-9,13-14H2,1-2H3. The molecule has 0 spiro atoms. The quantitative estimate of drug-likeness (QED) is 0.535. The Bertz CT molecular complexity index is 1270. The summed E-state index contributed by atoms with van der Waals surface area (Å²) in [5.74, 6) is 2.15. The van der Waals surface area contributed by atoms with Crippen molar-refractivity contribution in [2.45, 2.75) is 30.1 Å². The van der Waals surface area contributed by atoms with E-state index in [4.69, 9.17) is 21.1 Å². The molecular formula is C24H25ClN2O4S. The average molecular weight is 473 g/mol. The summed E-state index contributed by atoms with van der Waals surface area (Å²) in [6.45, 7) is 6.91. The van der Waals surface area contributed by atoms with Crippen LogP contribution in [0.25, 0.3) is 10.9 Å². The molecule has 2 unspecified atom stereocenters. The molecule has 1 aromatic heterocycles. The van der Waals surface area contributed by atoms with Crippen LogP contribution in [0, 0.1) is 11.8 Å². The minimum Gasteiger partial charge on any atom is -0.486 e. The van der Waals surface area contributed by atoms with Gasteiger partial charge in [0.05, 0.1) is 16.1 Å². The second-order valence-corrected chi connectivity index (χ2v) is 11.1. The number of hydrogen-bond donors (Lipinski definition) is 0. The molecular weight excluding hydrogens is 448 g/mol. The number of pyridine rings is 1. The zero-order valence-corrected chi connectivity index (χ0v) is 19.6. The molecule has 32 heavy (non-hydrogen) atoms. The molecule has 0 saturated carbocycles. The summed E-state index contributed by atoms with van der Waals surface area (Å²) >= 11 is 6.00. The first-order chi connectivity index (χ1) is 15.3. The first kappa shape index (κ1) is 21.3. The van der Waals surface area contributed by atoms with E-state index < -0.39 is 9.84 Å². The molecule has 0 radical (unpaired) electrons. The highest BCUT2D eigenvalue weighted by Crippen LogP contribution is 2.43. The number of fused-ring (bicyclic) bond motifs is 2. The summed E-state index contributed by atoms with van der Waals surface area (Å²) in [5.41, 5.74) is 1.37. The van der Waals surface area contributed by atoms with Gasteiger partial charge in [0, 0.05) is 35.8 Å². The number of hydrogen-bond acceptors (Lipinski definition) is 6. The Morgan fingerprint density at radius 2 is 1.62 bits per heavy atom. The van der Waals surface area contributed by atoms with E-state index in [1.807, 2.05) is 12.1 Å². The molecule has 0 bridgehead atoms. The molecule has 0 aliphatic carbocycles. The van der Waals surface area contributed by atoms with Crippen LogP contribution >= 0.6 is 11.6 Å². The van der Waals surface area contributed by atoms with Crippen LogP contribution in [0.5, 0.6) is 11.5 Å². The zero-order chi connectivity index (χ0) is 22.5. The minimum absolute atomic E-state index is 0.194. The van der Waals surface area contributed by atoms with Crippen molar-refractivity contribution in [3.63, 3.8) is 0 Å². The lowest BCUT2D eigenvalue weighted by Gasteiger charge is -2.38. The number of benzene rings is 2. The second kappa shape index (κ2) is 8.12. The molecule has 8 heteroatoms. The lowest BCUT2D eigenvalue weighted by Crippen LogP contribution is -2.39. The molecule has 168 valence electrons. The lowest BCUT2D eigenvalue weighted by atomic mass is 9.91. The van der Waals surface area contributed by atoms with E-state index in [0.717, 1.165) is 24.9 Å². The summed E-state index contributed by atoms with van der Waals surface area (Å²) in [6, 6.07) is 9.97. The van der Waals surface area contributed by atoms with E-state index in [2.05, 4.69) is 23.7 Å². The number of halogens is 1. The van der Waals surface area contributed by atoms with E-state index in [1.165, 1.54) is 18.3 Å². The summed E-state index contributed by atoms with van der Waals surface area (Å²) < 4.78 is 39.0. The lowest BCUT2D eigenvalue weighted by molar-refractivity contribution is 0.172. The van der Waals surface area contributed by atoms with E-state index in [0.29, 0.717) is 52.8 Å². The number of nitrogens with zero attached hydrogens (tertiary/aromatic N) is 2. The van der Waals surface area contributed by atoms with Gasteiger partial charge in [-0.15, -0.1) is 0 Å². The Hall–Kier alpha value is -2.51. The molecule has 2 aromatic carbocycles. The van der Waals surface area contributed by atoms with E-state index in [1.54, 1.807) is 12.1 Å². The van der Waals surface area contributed by atoms with E-state index in [9.17, 15) is 8.42 Å². The van der Waals surface area contributed by atoms with Crippen molar-refractivity contribution in [3.8, 4) is 11.5 Å². The van der Waals surface area contributed by atoms with Gasteiger partial charge in [-0.1, -0.05) is 25.4 Å². The number of sulfone groups is 1. The van der Waals surface area contributed by atoms with Crippen molar-refractivity contribution >= 4 is 38.0 Å². The van der Waals surface area contributed by atoms with Gasteiger partial charge in [-0.3, -0.25) is 4.98 Å². The maximum Gasteiger partial charge on any atom is 0.210 e. The van der Waals surface area contributed by atoms with Gasteiger partial charge in [0.25, 0.3) is 0 Å². The van der Waals surface area contributed by atoms with Gasteiger partial charge in [-0.2, -0.15) is 0 Å². The molecule has 1 saturated heterocycles. The minimum atomic E-state index is -3.82. The monoisotopic (exact) mass is 472 g/mol. The molecule has 3 aromatic rings. The molecule has 2 atom stereocenters. The molecule has 2 aliphatic rings. The number of ether oxygens (including phenoxy) is 2. The fourth-order valence-electron chi connectivity index (χ4n) is 4.81. The van der Waals surface area contributed by atoms with Gasteiger partial charge in [0.1, 0.15) is 18.1 Å². The summed E-state index contributed by atoms with van der Waals surface area (Å²) in [7, 11) is -3.82. The number of rotatable bonds is 3. The van der Waals surface area contributed by atoms with Crippen molar-refractivity contribution in [2.75, 3.05) is 31.2 Å². The highest BCUT2D eigenvalue weighted by Gasteiger charge is 2.31. The smallest absolute Gasteiger partial charge is 0.210 e. The first-order valence-electron chi connectivity index (χ1n) is 10.8. The summed E-state index contributed by atoms with van der Waals surface area (Å²) in [4.78, 5) is 7.11. The fraction of sp³-hybridized carbons (Fsp3) is 0.375. The number of aromatic nitrogens is 1. The van der Waals surface area contributed by atoms with Crippen LogP contribution in [0.3, 0.4) is 0 Å². The Labute approximate surface area is 193 Å². The first-order valence-corrected chi connectivity index (χ1v) is 12.7. The Morgan fingerprint density at radius 1 is 1.00 bits per heavy atom. The second-order valence-electron chi connectivity index (χ2n) is 8.79. The molecule has 0 N–H and O–H groups in total. The summed E-state index contributed by atoms with van der Waals surface area (Å²) in [6.07, 6.45) is 2.59. The average Bonchev–Trinajstić information content (AvgIpc) is 2.76. The third kappa shape index (κ3) is 3.77. The number of anilines is 1. The van der Waals surface area contributed by atoms with Gasteiger partial charge in [-0.05, 0) is 48.6 Å². The Morgan fingerprint density at radius 3 is 2.28 bits per heavy atom.